The Hall–Kier alpha value is -4.26. The maximum Gasteiger partial charge on any atom is 0.346 e. The minimum absolute atomic E-state index is 0.186. The van der Waals surface area contributed by atoms with Crippen LogP contribution in [0.2, 0.25) is 0 Å². The first kappa shape index (κ1) is 16.7. The highest BCUT2D eigenvalue weighted by atomic mass is 16.4. The number of hydrogen-bond acceptors (Lipinski definition) is 6. The van der Waals surface area contributed by atoms with E-state index in [9.17, 15) is 19.2 Å². The lowest BCUT2D eigenvalue weighted by Crippen LogP contribution is -2.00. The summed E-state index contributed by atoms with van der Waals surface area (Å²) in [5, 5.41) is 2.14. The van der Waals surface area contributed by atoms with Crippen molar-refractivity contribution in [1.82, 2.24) is 4.57 Å². The monoisotopic (exact) mass is 397 g/mol. The quantitative estimate of drug-likeness (QED) is 0.445. The molecule has 0 bridgehead atoms. The van der Waals surface area contributed by atoms with Gasteiger partial charge in [-0.2, -0.15) is 0 Å². The average molecular weight is 397 g/mol. The fourth-order valence-electron chi connectivity index (χ4n) is 4.18. The summed E-state index contributed by atoms with van der Waals surface area (Å²) in [5.74, 6) is 0. The highest BCUT2D eigenvalue weighted by molar-refractivity contribution is 6.15. The van der Waals surface area contributed by atoms with Crippen LogP contribution in [0, 0.1) is 0 Å². The molecule has 3 aromatic carbocycles. The Bertz CT molecular complexity index is 1730. The van der Waals surface area contributed by atoms with Gasteiger partial charge in [0, 0.05) is 17.3 Å². The molecule has 0 saturated carbocycles. The Kier molecular flexibility index (Phi) is 3.13. The minimum atomic E-state index is -0.698. The first-order chi connectivity index (χ1) is 14.5. The molecule has 0 aliphatic heterocycles. The first-order valence-electron chi connectivity index (χ1n) is 9.22. The summed E-state index contributed by atoms with van der Waals surface area (Å²) >= 11 is 0. The van der Waals surface area contributed by atoms with Gasteiger partial charge in [-0.05, 0) is 29.8 Å². The van der Waals surface area contributed by atoms with Gasteiger partial charge in [-0.25, -0.2) is 19.2 Å². The van der Waals surface area contributed by atoms with Crippen LogP contribution >= 0.6 is 0 Å². The molecule has 0 N–H and O–H groups in total. The summed E-state index contributed by atoms with van der Waals surface area (Å²) in [6, 6.07) is 16.2. The van der Waals surface area contributed by atoms with E-state index in [2.05, 4.69) is 0 Å². The Morgan fingerprint density at radius 3 is 1.47 bits per heavy atom. The number of fused-ring (bicyclic) bond motifs is 5. The van der Waals surface area contributed by atoms with Crippen LogP contribution in [-0.2, 0) is 6.54 Å². The molecule has 0 unspecified atom stereocenters. The number of nitrogens with zero attached hydrogens (tertiary/aromatic N) is 1. The molecule has 3 aromatic heterocycles. The Morgan fingerprint density at radius 1 is 0.567 bits per heavy atom. The van der Waals surface area contributed by atoms with Gasteiger partial charge in [0.05, 0.1) is 32.6 Å². The minimum Gasteiger partial charge on any atom is -0.386 e. The third kappa shape index (κ3) is 2.14. The molecular weight excluding hydrogens is 386 g/mol. The van der Waals surface area contributed by atoms with Gasteiger partial charge in [0.2, 0.25) is 0 Å². The summed E-state index contributed by atoms with van der Waals surface area (Å²) in [4.78, 5) is 48.3. The van der Waals surface area contributed by atoms with Crippen molar-refractivity contribution >= 4 is 43.4 Å². The van der Waals surface area contributed by atoms with E-state index < -0.39 is 22.5 Å². The second-order valence-corrected chi connectivity index (χ2v) is 7.26. The number of furan rings is 2. The summed E-state index contributed by atoms with van der Waals surface area (Å²) in [5.41, 5.74) is -0.361. The Morgan fingerprint density at radius 2 is 1.00 bits per heavy atom. The van der Waals surface area contributed by atoms with E-state index in [4.69, 9.17) is 8.83 Å². The van der Waals surface area contributed by atoms with E-state index in [-0.39, 0.29) is 21.5 Å². The van der Waals surface area contributed by atoms with Crippen LogP contribution in [0.3, 0.4) is 0 Å². The molecule has 0 fully saturated rings. The van der Waals surface area contributed by atoms with Crippen LogP contribution in [0.5, 0.6) is 0 Å². The molecule has 6 aromatic rings. The van der Waals surface area contributed by atoms with Crippen molar-refractivity contribution in [3.63, 3.8) is 0 Å². The van der Waals surface area contributed by atoms with Crippen LogP contribution in [0.4, 0.5) is 0 Å². The van der Waals surface area contributed by atoms with Gasteiger partial charge in [-0.3, -0.25) is 0 Å². The van der Waals surface area contributed by atoms with Crippen molar-refractivity contribution in [3.05, 3.63) is 102 Å². The highest BCUT2D eigenvalue weighted by Gasteiger charge is 2.19. The van der Waals surface area contributed by atoms with E-state index >= 15 is 0 Å². The second-order valence-electron chi connectivity index (χ2n) is 7.26. The highest BCUT2D eigenvalue weighted by Crippen LogP contribution is 2.33. The lowest BCUT2D eigenvalue weighted by atomic mass is 10.1. The molecule has 0 saturated heterocycles. The fourth-order valence-corrected chi connectivity index (χ4v) is 4.18. The van der Waals surface area contributed by atoms with Gasteiger partial charge in [0.15, 0.2) is 0 Å². The molecule has 30 heavy (non-hydrogen) atoms. The Labute approximate surface area is 165 Å². The van der Waals surface area contributed by atoms with E-state index in [0.717, 1.165) is 5.56 Å². The van der Waals surface area contributed by atoms with Gasteiger partial charge in [-0.1, -0.05) is 30.3 Å². The van der Waals surface area contributed by atoms with Crippen molar-refractivity contribution in [3.8, 4) is 0 Å². The summed E-state index contributed by atoms with van der Waals surface area (Å²) in [7, 11) is 0. The predicted molar refractivity (Wildman–Crippen MR) is 112 cm³/mol. The van der Waals surface area contributed by atoms with Crippen LogP contribution in [-0.4, -0.2) is 4.57 Å². The molecule has 7 nitrogen and oxygen atoms in total. The third-order valence-electron chi connectivity index (χ3n) is 5.58. The average Bonchev–Trinajstić information content (AvgIpc) is 3.31. The molecule has 7 heteroatoms. The molecule has 0 aliphatic carbocycles. The smallest absolute Gasteiger partial charge is 0.346 e. The molecule has 0 spiro atoms. The molecule has 0 atom stereocenters. The molecule has 6 rings (SSSR count). The maximum absolute atomic E-state index is 12.1. The van der Waals surface area contributed by atoms with Crippen molar-refractivity contribution < 1.29 is 8.83 Å². The molecule has 0 amide bonds. The van der Waals surface area contributed by atoms with Gasteiger partial charge in [0.25, 0.3) is 0 Å². The van der Waals surface area contributed by atoms with Crippen molar-refractivity contribution in [2.24, 2.45) is 0 Å². The predicted octanol–water partition coefficient (Wildman–Crippen LogP) is 2.65. The lowest BCUT2D eigenvalue weighted by molar-refractivity contribution is 0.499. The van der Waals surface area contributed by atoms with Crippen molar-refractivity contribution in [2.75, 3.05) is 0 Å². The molecule has 0 radical (unpaired) electrons. The van der Waals surface area contributed by atoms with Gasteiger partial charge in [-0.15, -0.1) is 0 Å². The zero-order chi connectivity index (χ0) is 20.6. The largest absolute Gasteiger partial charge is 0.386 e. The number of hydrogen-bond donors (Lipinski definition) is 0. The molecule has 3 heterocycles. The van der Waals surface area contributed by atoms with Gasteiger partial charge in [0.1, 0.15) is 0 Å². The topological polar surface area (TPSA) is 99.5 Å². The van der Waals surface area contributed by atoms with Crippen LogP contribution in [0.15, 0.2) is 82.6 Å². The lowest BCUT2D eigenvalue weighted by Gasteiger charge is -2.07. The van der Waals surface area contributed by atoms with Crippen molar-refractivity contribution in [2.45, 2.75) is 6.54 Å². The van der Waals surface area contributed by atoms with E-state index in [1.807, 2.05) is 34.9 Å². The second kappa shape index (κ2) is 5.64. The van der Waals surface area contributed by atoms with E-state index in [1.165, 1.54) is 0 Å². The standard InChI is InChI=1S/C23H11NO6/c25-20-14-6-12-13-7-15-17(23(28)30-21(15)26)9-19(13)24(10-11-4-2-1-3-5-11)18(12)8-16(14)22(27)29-20/h1-9H,10H2. The molecule has 0 aliphatic rings. The summed E-state index contributed by atoms with van der Waals surface area (Å²) in [6.07, 6.45) is 0. The number of aromatic nitrogens is 1. The van der Waals surface area contributed by atoms with Crippen molar-refractivity contribution in [1.29, 1.82) is 0 Å². The van der Waals surface area contributed by atoms with Crippen LogP contribution in [0.1, 0.15) is 5.56 Å². The first-order valence-corrected chi connectivity index (χ1v) is 9.22. The van der Waals surface area contributed by atoms with Crippen LogP contribution < -0.4 is 22.5 Å². The normalized spacial score (nSPS) is 12.0. The molecule has 144 valence electrons. The van der Waals surface area contributed by atoms with Crippen LogP contribution in [0.25, 0.3) is 43.4 Å². The van der Waals surface area contributed by atoms with Gasteiger partial charge < -0.3 is 13.4 Å². The maximum atomic E-state index is 12.1. The SMILES string of the molecule is O=c1oc(=O)c2cc3c(cc12)c1cc2c(=O)oc(=O)c2cc1n3Cc1ccccc1. The number of rotatable bonds is 2. The molecular formula is C23H11NO6. The Balaban J connectivity index is 1.83. The zero-order valence-electron chi connectivity index (χ0n) is 15.3. The summed E-state index contributed by atoms with van der Waals surface area (Å²) < 4.78 is 11.4. The zero-order valence-corrected chi connectivity index (χ0v) is 15.3. The summed E-state index contributed by atoms with van der Waals surface area (Å²) in [6.45, 7) is 0.463. The fraction of sp³-hybridized carbons (Fsp3) is 0.0435. The third-order valence-corrected chi connectivity index (χ3v) is 5.58. The van der Waals surface area contributed by atoms with E-state index in [1.54, 1.807) is 24.3 Å². The van der Waals surface area contributed by atoms with E-state index in [0.29, 0.717) is 28.4 Å². The van der Waals surface area contributed by atoms with Gasteiger partial charge >= 0.3 is 22.5 Å². The number of benzene rings is 3.